The summed E-state index contributed by atoms with van der Waals surface area (Å²) in [6.45, 7) is 3.90. The molecule has 0 saturated heterocycles. The monoisotopic (exact) mass is 510 g/mol. The lowest BCUT2D eigenvalue weighted by Crippen LogP contribution is -2.26. The van der Waals surface area contributed by atoms with Crippen molar-refractivity contribution in [1.82, 2.24) is 4.72 Å². The Morgan fingerprint density at radius 3 is 2.22 bits per heavy atom. The van der Waals surface area contributed by atoms with Gasteiger partial charge in [0.15, 0.2) is 6.61 Å². The minimum absolute atomic E-state index is 0.0930. The van der Waals surface area contributed by atoms with E-state index >= 15 is 0 Å². The standard InChI is InChI=1S/C27H30N2O6S/c1-3-4-18-34-27(31)22-10-12-23(13-11-22)28-26(30)19-35-24-14-16-25(17-15-24)36(32,33)29-20(2)21-8-6-5-7-9-21/h5-17,20,29H,3-4,18-19H2,1-2H3,(H,28,30)/t20-/m0/s1. The van der Waals surface area contributed by atoms with Gasteiger partial charge in [0.2, 0.25) is 10.0 Å². The number of amides is 1. The zero-order chi connectivity index (χ0) is 26.0. The fourth-order valence-corrected chi connectivity index (χ4v) is 4.49. The first-order chi connectivity index (χ1) is 17.3. The molecule has 2 N–H and O–H groups in total. The highest BCUT2D eigenvalue weighted by Crippen LogP contribution is 2.20. The van der Waals surface area contributed by atoms with Crippen LogP contribution in [0.25, 0.3) is 0 Å². The van der Waals surface area contributed by atoms with Gasteiger partial charge in [-0.05, 0) is 67.4 Å². The molecule has 1 amide bonds. The van der Waals surface area contributed by atoms with Crippen molar-refractivity contribution in [3.8, 4) is 5.75 Å². The van der Waals surface area contributed by atoms with E-state index in [0.29, 0.717) is 23.6 Å². The van der Waals surface area contributed by atoms with Crippen LogP contribution in [0.4, 0.5) is 5.69 Å². The van der Waals surface area contributed by atoms with Crippen LogP contribution in [0.2, 0.25) is 0 Å². The lowest BCUT2D eigenvalue weighted by atomic mass is 10.1. The van der Waals surface area contributed by atoms with E-state index < -0.39 is 27.9 Å². The van der Waals surface area contributed by atoms with Crippen LogP contribution < -0.4 is 14.8 Å². The summed E-state index contributed by atoms with van der Waals surface area (Å²) in [6, 6.07) is 21.1. The molecule has 0 spiro atoms. The summed E-state index contributed by atoms with van der Waals surface area (Å²) in [4.78, 5) is 24.3. The predicted molar refractivity (Wildman–Crippen MR) is 137 cm³/mol. The van der Waals surface area contributed by atoms with E-state index in [9.17, 15) is 18.0 Å². The molecule has 190 valence electrons. The van der Waals surface area contributed by atoms with Gasteiger partial charge in [-0.1, -0.05) is 43.7 Å². The van der Waals surface area contributed by atoms with Gasteiger partial charge in [-0.25, -0.2) is 17.9 Å². The number of carbonyl (C=O) groups excluding carboxylic acids is 2. The van der Waals surface area contributed by atoms with Gasteiger partial charge in [-0.15, -0.1) is 0 Å². The van der Waals surface area contributed by atoms with E-state index in [4.69, 9.17) is 9.47 Å². The number of benzene rings is 3. The minimum Gasteiger partial charge on any atom is -0.484 e. The van der Waals surface area contributed by atoms with Gasteiger partial charge >= 0.3 is 5.97 Å². The Labute approximate surface area is 211 Å². The molecular formula is C27H30N2O6S. The molecule has 0 aromatic heterocycles. The molecule has 0 bridgehead atoms. The van der Waals surface area contributed by atoms with Crippen molar-refractivity contribution in [3.05, 3.63) is 90.0 Å². The molecule has 0 unspecified atom stereocenters. The molecule has 3 aromatic carbocycles. The van der Waals surface area contributed by atoms with Gasteiger partial charge in [0, 0.05) is 11.7 Å². The first-order valence-electron chi connectivity index (χ1n) is 11.7. The number of nitrogens with one attached hydrogen (secondary N) is 2. The summed E-state index contributed by atoms with van der Waals surface area (Å²) in [7, 11) is -3.73. The first-order valence-corrected chi connectivity index (χ1v) is 13.1. The van der Waals surface area contributed by atoms with E-state index in [0.717, 1.165) is 18.4 Å². The predicted octanol–water partition coefficient (Wildman–Crippen LogP) is 4.70. The van der Waals surface area contributed by atoms with Crippen molar-refractivity contribution in [2.75, 3.05) is 18.5 Å². The summed E-state index contributed by atoms with van der Waals surface area (Å²) in [5, 5.41) is 2.68. The highest BCUT2D eigenvalue weighted by Gasteiger charge is 2.18. The summed E-state index contributed by atoms with van der Waals surface area (Å²) in [5.41, 5.74) is 1.77. The maximum absolute atomic E-state index is 12.7. The molecular weight excluding hydrogens is 480 g/mol. The fraction of sp³-hybridized carbons (Fsp3) is 0.259. The normalized spacial score (nSPS) is 11.9. The van der Waals surface area contributed by atoms with Crippen LogP contribution in [0.5, 0.6) is 5.75 Å². The first kappa shape index (κ1) is 26.9. The maximum atomic E-state index is 12.7. The molecule has 3 rings (SSSR count). The van der Waals surface area contributed by atoms with Gasteiger partial charge in [0.05, 0.1) is 17.1 Å². The number of hydrogen-bond donors (Lipinski definition) is 2. The lowest BCUT2D eigenvalue weighted by molar-refractivity contribution is -0.118. The highest BCUT2D eigenvalue weighted by molar-refractivity contribution is 7.89. The molecule has 9 heteroatoms. The van der Waals surface area contributed by atoms with Crippen molar-refractivity contribution in [1.29, 1.82) is 0 Å². The third-order valence-corrected chi connectivity index (χ3v) is 6.83. The fourth-order valence-electron chi connectivity index (χ4n) is 3.25. The van der Waals surface area contributed by atoms with Crippen molar-refractivity contribution >= 4 is 27.6 Å². The number of carbonyl (C=O) groups is 2. The van der Waals surface area contributed by atoms with Gasteiger partial charge in [-0.3, -0.25) is 4.79 Å². The van der Waals surface area contributed by atoms with Crippen molar-refractivity contribution in [2.24, 2.45) is 0 Å². The molecule has 1 atom stereocenters. The second kappa shape index (κ2) is 12.9. The van der Waals surface area contributed by atoms with Crippen LogP contribution in [-0.4, -0.2) is 33.5 Å². The highest BCUT2D eigenvalue weighted by atomic mass is 32.2. The van der Waals surface area contributed by atoms with Crippen LogP contribution in [0, 0.1) is 0 Å². The van der Waals surface area contributed by atoms with E-state index in [1.54, 1.807) is 31.2 Å². The number of unbranched alkanes of at least 4 members (excludes halogenated alkanes) is 1. The second-order valence-corrected chi connectivity index (χ2v) is 9.84. The van der Waals surface area contributed by atoms with Crippen LogP contribution in [-0.2, 0) is 19.6 Å². The Morgan fingerprint density at radius 2 is 1.58 bits per heavy atom. The number of anilines is 1. The minimum atomic E-state index is -3.73. The lowest BCUT2D eigenvalue weighted by Gasteiger charge is -2.15. The van der Waals surface area contributed by atoms with Crippen LogP contribution >= 0.6 is 0 Å². The van der Waals surface area contributed by atoms with E-state index in [2.05, 4.69) is 10.0 Å². The Bertz CT molecular complexity index is 1240. The van der Waals surface area contributed by atoms with Gasteiger partial charge in [0.1, 0.15) is 5.75 Å². The molecule has 0 radical (unpaired) electrons. The van der Waals surface area contributed by atoms with Crippen LogP contribution in [0.3, 0.4) is 0 Å². The molecule has 0 heterocycles. The van der Waals surface area contributed by atoms with Crippen molar-refractivity contribution in [3.63, 3.8) is 0 Å². The molecule has 3 aromatic rings. The average Bonchev–Trinajstić information content (AvgIpc) is 2.88. The summed E-state index contributed by atoms with van der Waals surface area (Å²) < 4.78 is 38.6. The Balaban J connectivity index is 1.49. The summed E-state index contributed by atoms with van der Waals surface area (Å²) in [6.07, 6.45) is 1.75. The number of rotatable bonds is 12. The smallest absolute Gasteiger partial charge is 0.338 e. The molecule has 8 nitrogen and oxygen atoms in total. The second-order valence-electron chi connectivity index (χ2n) is 8.13. The SMILES string of the molecule is CCCCOC(=O)c1ccc(NC(=O)COc2ccc(S(=O)(=O)N[C@@H](C)c3ccccc3)cc2)cc1. The largest absolute Gasteiger partial charge is 0.484 e. The Hall–Kier alpha value is -3.69. The molecule has 36 heavy (non-hydrogen) atoms. The van der Waals surface area contributed by atoms with E-state index in [1.165, 1.54) is 24.3 Å². The van der Waals surface area contributed by atoms with Crippen molar-refractivity contribution < 1.29 is 27.5 Å². The number of esters is 1. The topological polar surface area (TPSA) is 111 Å². The average molecular weight is 511 g/mol. The van der Waals surface area contributed by atoms with Crippen molar-refractivity contribution in [2.45, 2.75) is 37.6 Å². The van der Waals surface area contributed by atoms with Gasteiger partial charge in [0.25, 0.3) is 5.91 Å². The number of ether oxygens (including phenoxy) is 2. The zero-order valence-electron chi connectivity index (χ0n) is 20.3. The number of sulfonamides is 1. The van der Waals surface area contributed by atoms with Gasteiger partial charge < -0.3 is 14.8 Å². The molecule has 0 aliphatic carbocycles. The molecule has 0 aliphatic heterocycles. The molecule has 0 aliphatic rings. The van der Waals surface area contributed by atoms with E-state index in [1.807, 2.05) is 37.3 Å². The van der Waals surface area contributed by atoms with E-state index in [-0.39, 0.29) is 11.5 Å². The third kappa shape index (κ3) is 7.93. The summed E-state index contributed by atoms with van der Waals surface area (Å²) >= 11 is 0. The third-order valence-electron chi connectivity index (χ3n) is 5.27. The summed E-state index contributed by atoms with van der Waals surface area (Å²) in [5.74, 6) is -0.450. The Kier molecular flexibility index (Phi) is 9.61. The van der Waals surface area contributed by atoms with Crippen LogP contribution in [0.1, 0.15) is 48.7 Å². The zero-order valence-corrected chi connectivity index (χ0v) is 21.1. The van der Waals surface area contributed by atoms with Gasteiger partial charge in [-0.2, -0.15) is 0 Å². The Morgan fingerprint density at radius 1 is 0.917 bits per heavy atom. The number of hydrogen-bond acceptors (Lipinski definition) is 6. The quantitative estimate of drug-likeness (QED) is 0.270. The maximum Gasteiger partial charge on any atom is 0.338 e. The molecule has 0 fully saturated rings. The molecule has 0 saturated carbocycles. The van der Waals surface area contributed by atoms with Crippen LogP contribution in [0.15, 0.2) is 83.8 Å².